The van der Waals surface area contributed by atoms with Crippen LogP contribution in [0.1, 0.15) is 24.0 Å². The molecule has 1 aliphatic heterocycles. The normalized spacial score (nSPS) is 16.3. The van der Waals surface area contributed by atoms with Crippen LogP contribution in [-0.4, -0.2) is 44.0 Å². The van der Waals surface area contributed by atoms with E-state index in [2.05, 4.69) is 29.2 Å². The Morgan fingerprint density at radius 1 is 1.03 bits per heavy atom. The van der Waals surface area contributed by atoms with Gasteiger partial charge in [0, 0.05) is 31.9 Å². The Kier molecular flexibility index (Phi) is 6.69. The quantitative estimate of drug-likeness (QED) is 0.326. The highest BCUT2D eigenvalue weighted by molar-refractivity contribution is 7.99. The van der Waals surface area contributed by atoms with Crippen LogP contribution >= 0.6 is 11.8 Å². The molecule has 0 amide bonds. The number of anilines is 1. The summed E-state index contributed by atoms with van der Waals surface area (Å²) in [5.41, 5.74) is 9.66. The number of nitrogens with zero attached hydrogens (tertiary/aromatic N) is 5. The molecule has 2 N–H and O–H groups in total. The molecule has 0 spiro atoms. The third-order valence-corrected chi connectivity index (χ3v) is 7.35. The number of fused-ring (bicyclic) bond motifs is 1. The van der Waals surface area contributed by atoms with Crippen LogP contribution in [0.25, 0.3) is 11.2 Å². The maximum absolute atomic E-state index is 13.6. The maximum Gasteiger partial charge on any atom is 0.280 e. The van der Waals surface area contributed by atoms with E-state index in [1.54, 1.807) is 23.4 Å². The summed E-state index contributed by atoms with van der Waals surface area (Å²) in [7, 11) is 1.80. The average Bonchev–Trinajstić information content (AvgIpc) is 3.21. The minimum atomic E-state index is -0.0665. The van der Waals surface area contributed by atoms with E-state index in [1.807, 2.05) is 41.0 Å². The molecule has 4 aromatic rings. The summed E-state index contributed by atoms with van der Waals surface area (Å²) in [6, 6.07) is 20.7. The Morgan fingerprint density at radius 2 is 1.74 bits per heavy atom. The summed E-state index contributed by atoms with van der Waals surface area (Å²) in [6.07, 6.45) is 2.94. The van der Waals surface area contributed by atoms with Gasteiger partial charge in [0.05, 0.1) is 6.54 Å². The average molecular weight is 475 g/mol. The molecule has 1 unspecified atom stereocenters. The fraction of sp³-hybridized carbons (Fsp3) is 0.346. The molecule has 1 fully saturated rings. The van der Waals surface area contributed by atoms with Crippen molar-refractivity contribution in [3.63, 3.8) is 0 Å². The Labute approximate surface area is 203 Å². The number of piperidine rings is 1. The molecular formula is C26H30N6OS. The van der Waals surface area contributed by atoms with Gasteiger partial charge in [-0.25, -0.2) is 4.98 Å². The van der Waals surface area contributed by atoms with Gasteiger partial charge in [-0.05, 0) is 30.4 Å². The molecule has 1 atom stereocenters. The predicted octanol–water partition coefficient (Wildman–Crippen LogP) is 3.44. The lowest BCUT2D eigenvalue weighted by molar-refractivity contribution is 0.495. The first kappa shape index (κ1) is 22.7. The maximum atomic E-state index is 13.6. The molecule has 1 saturated heterocycles. The molecule has 0 radical (unpaired) electrons. The summed E-state index contributed by atoms with van der Waals surface area (Å²) in [5.74, 6) is 1.62. The molecule has 0 bridgehead atoms. The van der Waals surface area contributed by atoms with E-state index in [1.165, 1.54) is 5.56 Å². The number of hydrogen-bond acceptors (Lipinski definition) is 6. The predicted molar refractivity (Wildman–Crippen MR) is 139 cm³/mol. The van der Waals surface area contributed by atoms with E-state index in [9.17, 15) is 4.79 Å². The summed E-state index contributed by atoms with van der Waals surface area (Å²) >= 11 is 1.59. The fourth-order valence-electron chi connectivity index (χ4n) is 4.51. The van der Waals surface area contributed by atoms with Gasteiger partial charge in [-0.3, -0.25) is 13.9 Å². The van der Waals surface area contributed by atoms with Gasteiger partial charge in [0.1, 0.15) is 0 Å². The van der Waals surface area contributed by atoms with Crippen LogP contribution in [0.2, 0.25) is 0 Å². The van der Waals surface area contributed by atoms with Crippen molar-refractivity contribution < 1.29 is 0 Å². The first-order valence-corrected chi connectivity index (χ1v) is 12.8. The van der Waals surface area contributed by atoms with Crippen LogP contribution in [0.15, 0.2) is 70.6 Å². The zero-order valence-corrected chi connectivity index (χ0v) is 20.2. The van der Waals surface area contributed by atoms with Crippen molar-refractivity contribution >= 4 is 28.9 Å². The van der Waals surface area contributed by atoms with Gasteiger partial charge in [-0.2, -0.15) is 4.98 Å². The van der Waals surface area contributed by atoms with E-state index in [0.717, 1.165) is 49.6 Å². The van der Waals surface area contributed by atoms with Crippen LogP contribution in [0, 0.1) is 0 Å². The Bertz CT molecular complexity index is 1320. The topological polar surface area (TPSA) is 82.0 Å². The number of benzene rings is 2. The molecule has 34 heavy (non-hydrogen) atoms. The minimum Gasteiger partial charge on any atom is -0.341 e. The second-order valence-corrected chi connectivity index (χ2v) is 9.91. The fourth-order valence-corrected chi connectivity index (χ4v) is 5.46. The molecule has 0 aliphatic carbocycles. The largest absolute Gasteiger partial charge is 0.341 e. The lowest BCUT2D eigenvalue weighted by atomic mass is 10.1. The molecule has 1 aliphatic rings. The second-order valence-electron chi connectivity index (χ2n) is 8.85. The van der Waals surface area contributed by atoms with Crippen molar-refractivity contribution in [2.75, 3.05) is 23.7 Å². The Morgan fingerprint density at radius 3 is 2.44 bits per heavy atom. The van der Waals surface area contributed by atoms with Crippen molar-refractivity contribution in [1.82, 2.24) is 19.1 Å². The molecular weight excluding hydrogens is 444 g/mol. The van der Waals surface area contributed by atoms with E-state index in [4.69, 9.17) is 15.7 Å². The zero-order valence-electron chi connectivity index (χ0n) is 19.4. The van der Waals surface area contributed by atoms with Crippen molar-refractivity contribution in [2.45, 2.75) is 37.0 Å². The van der Waals surface area contributed by atoms with Crippen molar-refractivity contribution in [1.29, 1.82) is 0 Å². The van der Waals surface area contributed by atoms with Gasteiger partial charge in [0.2, 0.25) is 5.95 Å². The van der Waals surface area contributed by atoms with Crippen LogP contribution in [0.4, 0.5) is 5.95 Å². The lowest BCUT2D eigenvalue weighted by Crippen LogP contribution is -2.44. The minimum absolute atomic E-state index is 0.0665. The lowest BCUT2D eigenvalue weighted by Gasteiger charge is -2.31. The Hall–Kier alpha value is -3.10. The number of aromatic nitrogens is 4. The molecule has 176 valence electrons. The van der Waals surface area contributed by atoms with E-state index in [0.29, 0.717) is 22.9 Å². The summed E-state index contributed by atoms with van der Waals surface area (Å²) in [5, 5.41) is 0.694. The van der Waals surface area contributed by atoms with Gasteiger partial charge in [0.25, 0.3) is 5.56 Å². The standard InChI is InChI=1S/C26H30N6OS/c1-30-24(33)22-23(29-26(30)34-16-14-19-9-4-2-5-10-19)28-25(31-15-8-13-21(27)18-31)32(22)17-20-11-6-3-7-12-20/h2-7,9-12,21H,8,13-18,27H2,1H3. The second kappa shape index (κ2) is 10.0. The van der Waals surface area contributed by atoms with Gasteiger partial charge in [-0.1, -0.05) is 72.4 Å². The molecule has 0 saturated carbocycles. The first-order valence-electron chi connectivity index (χ1n) is 11.8. The van der Waals surface area contributed by atoms with E-state index in [-0.39, 0.29) is 11.6 Å². The Balaban J connectivity index is 1.52. The number of hydrogen-bond donors (Lipinski definition) is 1. The zero-order chi connectivity index (χ0) is 23.5. The summed E-state index contributed by atoms with van der Waals surface area (Å²) in [6.45, 7) is 2.18. The first-order chi connectivity index (χ1) is 16.6. The van der Waals surface area contributed by atoms with Crippen molar-refractivity contribution in [3.8, 4) is 0 Å². The molecule has 2 aromatic heterocycles. The van der Waals surface area contributed by atoms with Crippen LogP contribution in [0.3, 0.4) is 0 Å². The third-order valence-electron chi connectivity index (χ3n) is 6.31. The molecule has 2 aromatic carbocycles. The molecule has 7 nitrogen and oxygen atoms in total. The van der Waals surface area contributed by atoms with Gasteiger partial charge in [-0.15, -0.1) is 0 Å². The van der Waals surface area contributed by atoms with Gasteiger partial charge >= 0.3 is 0 Å². The SMILES string of the molecule is Cn1c(SCCc2ccccc2)nc2nc(N3CCCC(N)C3)n(Cc3ccccc3)c2c1=O. The number of thioether (sulfide) groups is 1. The number of rotatable bonds is 7. The van der Waals surface area contributed by atoms with Crippen LogP contribution < -0.4 is 16.2 Å². The highest BCUT2D eigenvalue weighted by Crippen LogP contribution is 2.26. The summed E-state index contributed by atoms with van der Waals surface area (Å²) < 4.78 is 3.68. The van der Waals surface area contributed by atoms with Gasteiger partial charge in [0.15, 0.2) is 16.3 Å². The van der Waals surface area contributed by atoms with Crippen LogP contribution in [-0.2, 0) is 20.0 Å². The van der Waals surface area contributed by atoms with Crippen molar-refractivity contribution in [3.05, 3.63) is 82.1 Å². The number of nitrogens with two attached hydrogens (primary N) is 1. The molecule has 3 heterocycles. The van der Waals surface area contributed by atoms with Crippen molar-refractivity contribution in [2.24, 2.45) is 12.8 Å². The monoisotopic (exact) mass is 474 g/mol. The van der Waals surface area contributed by atoms with E-state index >= 15 is 0 Å². The van der Waals surface area contributed by atoms with Gasteiger partial charge < -0.3 is 10.6 Å². The van der Waals surface area contributed by atoms with E-state index < -0.39 is 0 Å². The van der Waals surface area contributed by atoms with Crippen LogP contribution in [0.5, 0.6) is 0 Å². The highest BCUT2D eigenvalue weighted by atomic mass is 32.2. The smallest absolute Gasteiger partial charge is 0.280 e. The third kappa shape index (κ3) is 4.74. The summed E-state index contributed by atoms with van der Waals surface area (Å²) in [4.78, 5) is 25.5. The molecule has 5 rings (SSSR count). The highest BCUT2D eigenvalue weighted by Gasteiger charge is 2.25. The number of aryl methyl sites for hydroxylation is 1. The molecule has 8 heteroatoms. The number of imidazole rings is 1.